The number of halogens is 1. The van der Waals surface area contributed by atoms with Gasteiger partial charge in [0.05, 0.1) is 6.61 Å². The van der Waals surface area contributed by atoms with Gasteiger partial charge >= 0.3 is 0 Å². The van der Waals surface area contributed by atoms with E-state index in [0.717, 1.165) is 6.42 Å². The summed E-state index contributed by atoms with van der Waals surface area (Å²) in [5.74, 6) is 0.909. The molecular formula is C15H15FN4O. The van der Waals surface area contributed by atoms with E-state index in [-0.39, 0.29) is 5.82 Å². The maximum atomic E-state index is 12.7. The Morgan fingerprint density at radius 2 is 1.95 bits per heavy atom. The molecule has 0 amide bonds. The van der Waals surface area contributed by atoms with Crippen LogP contribution >= 0.6 is 0 Å². The van der Waals surface area contributed by atoms with Gasteiger partial charge in [-0.05, 0) is 30.7 Å². The third kappa shape index (κ3) is 4.14. The second-order valence-electron chi connectivity index (χ2n) is 4.42. The predicted molar refractivity (Wildman–Crippen MR) is 76.5 cm³/mol. The summed E-state index contributed by atoms with van der Waals surface area (Å²) in [5.41, 5.74) is 0.305. The number of hydrogen-bond acceptors (Lipinski definition) is 5. The Morgan fingerprint density at radius 3 is 2.67 bits per heavy atom. The number of nitriles is 1. The first-order chi connectivity index (χ1) is 10.2. The lowest BCUT2D eigenvalue weighted by molar-refractivity contribution is 0.312. The average Bonchev–Trinajstić information content (AvgIpc) is 2.53. The van der Waals surface area contributed by atoms with E-state index < -0.39 is 0 Å². The van der Waals surface area contributed by atoms with Crippen LogP contribution in [0.4, 0.5) is 10.2 Å². The Labute approximate surface area is 122 Å². The van der Waals surface area contributed by atoms with Gasteiger partial charge in [0.15, 0.2) is 11.5 Å². The number of nitrogens with zero attached hydrogens (tertiary/aromatic N) is 4. The summed E-state index contributed by atoms with van der Waals surface area (Å²) >= 11 is 0. The molecule has 0 aliphatic carbocycles. The van der Waals surface area contributed by atoms with Gasteiger partial charge in [0.2, 0.25) is 0 Å². The van der Waals surface area contributed by atoms with Gasteiger partial charge in [-0.1, -0.05) is 0 Å². The molecule has 0 radical (unpaired) electrons. The molecule has 0 aliphatic rings. The lowest BCUT2D eigenvalue weighted by Gasteiger charge is -2.18. The molecule has 5 nitrogen and oxygen atoms in total. The Balaban J connectivity index is 1.80. The van der Waals surface area contributed by atoms with Crippen LogP contribution in [0, 0.1) is 17.1 Å². The van der Waals surface area contributed by atoms with Gasteiger partial charge in [-0.25, -0.2) is 14.4 Å². The van der Waals surface area contributed by atoms with Crippen LogP contribution in [0.3, 0.4) is 0 Å². The third-order valence-corrected chi connectivity index (χ3v) is 2.87. The number of ether oxygens (including phenoxy) is 1. The van der Waals surface area contributed by atoms with Crippen molar-refractivity contribution >= 4 is 5.82 Å². The van der Waals surface area contributed by atoms with E-state index >= 15 is 0 Å². The van der Waals surface area contributed by atoms with E-state index in [2.05, 4.69) is 9.97 Å². The Kier molecular flexibility index (Phi) is 5.04. The van der Waals surface area contributed by atoms with Crippen molar-refractivity contribution in [3.63, 3.8) is 0 Å². The van der Waals surface area contributed by atoms with E-state index in [0.29, 0.717) is 30.4 Å². The first-order valence-electron chi connectivity index (χ1n) is 6.51. The van der Waals surface area contributed by atoms with Crippen molar-refractivity contribution < 1.29 is 9.13 Å². The van der Waals surface area contributed by atoms with Crippen LogP contribution in [-0.4, -0.2) is 30.2 Å². The van der Waals surface area contributed by atoms with Crippen molar-refractivity contribution in [1.82, 2.24) is 9.97 Å². The molecule has 0 saturated carbocycles. The molecule has 2 rings (SSSR count). The minimum atomic E-state index is -0.284. The number of aromatic nitrogens is 2. The monoisotopic (exact) mass is 286 g/mol. The van der Waals surface area contributed by atoms with Gasteiger partial charge in [0.1, 0.15) is 17.6 Å². The Hall–Kier alpha value is -2.68. The Bertz CT molecular complexity index is 624. The standard InChI is InChI=1S/C15H15FN4O/c1-20(15-14(11-17)18-7-8-19-15)9-2-10-21-13-5-3-12(16)4-6-13/h3-8H,2,9-10H2,1H3. The van der Waals surface area contributed by atoms with E-state index in [1.54, 1.807) is 18.3 Å². The van der Waals surface area contributed by atoms with Crippen LogP contribution in [0.2, 0.25) is 0 Å². The molecule has 0 aliphatic heterocycles. The number of hydrogen-bond donors (Lipinski definition) is 0. The second-order valence-corrected chi connectivity index (χ2v) is 4.42. The second kappa shape index (κ2) is 7.20. The molecule has 6 heteroatoms. The molecule has 0 saturated heterocycles. The van der Waals surface area contributed by atoms with Gasteiger partial charge in [0.25, 0.3) is 0 Å². The lowest BCUT2D eigenvalue weighted by Crippen LogP contribution is -2.22. The molecule has 2 aromatic rings. The number of anilines is 1. The molecule has 0 atom stereocenters. The predicted octanol–water partition coefficient (Wildman–Crippen LogP) is 2.39. The molecule has 0 spiro atoms. The summed E-state index contributed by atoms with van der Waals surface area (Å²) in [5, 5.41) is 8.98. The van der Waals surface area contributed by atoms with Crippen LogP contribution in [0.5, 0.6) is 5.75 Å². The third-order valence-electron chi connectivity index (χ3n) is 2.87. The Morgan fingerprint density at radius 1 is 1.24 bits per heavy atom. The molecule has 1 heterocycles. The van der Waals surface area contributed by atoms with Gasteiger partial charge in [-0.3, -0.25) is 0 Å². The van der Waals surface area contributed by atoms with Crippen molar-refractivity contribution in [2.45, 2.75) is 6.42 Å². The highest BCUT2D eigenvalue weighted by molar-refractivity contribution is 5.48. The fourth-order valence-corrected chi connectivity index (χ4v) is 1.82. The fourth-order valence-electron chi connectivity index (χ4n) is 1.82. The quantitative estimate of drug-likeness (QED) is 0.763. The summed E-state index contributed by atoms with van der Waals surface area (Å²) in [6.45, 7) is 1.17. The van der Waals surface area contributed by atoms with Crippen molar-refractivity contribution in [2.24, 2.45) is 0 Å². The zero-order valence-electron chi connectivity index (χ0n) is 11.7. The maximum absolute atomic E-state index is 12.7. The first kappa shape index (κ1) is 14.7. The van der Waals surface area contributed by atoms with E-state index in [1.807, 2.05) is 18.0 Å². The summed E-state index contributed by atoms with van der Waals surface area (Å²) in [4.78, 5) is 9.99. The number of rotatable bonds is 6. The minimum absolute atomic E-state index is 0.284. The topological polar surface area (TPSA) is 62.0 Å². The molecule has 0 bridgehead atoms. The van der Waals surface area contributed by atoms with E-state index in [4.69, 9.17) is 10.00 Å². The molecule has 0 unspecified atom stereocenters. The molecule has 1 aromatic carbocycles. The highest BCUT2D eigenvalue weighted by atomic mass is 19.1. The SMILES string of the molecule is CN(CCCOc1ccc(F)cc1)c1nccnc1C#N. The van der Waals surface area contributed by atoms with Crippen LogP contribution < -0.4 is 9.64 Å². The summed E-state index contributed by atoms with van der Waals surface area (Å²) in [6, 6.07) is 7.92. The highest BCUT2D eigenvalue weighted by Gasteiger charge is 2.09. The molecule has 1 aromatic heterocycles. The molecule has 108 valence electrons. The summed E-state index contributed by atoms with van der Waals surface area (Å²) < 4.78 is 18.2. The van der Waals surface area contributed by atoms with E-state index in [9.17, 15) is 4.39 Å². The van der Waals surface area contributed by atoms with Crippen LogP contribution in [0.1, 0.15) is 12.1 Å². The maximum Gasteiger partial charge on any atom is 0.183 e. The van der Waals surface area contributed by atoms with Crippen LogP contribution in [-0.2, 0) is 0 Å². The lowest BCUT2D eigenvalue weighted by atomic mass is 10.3. The van der Waals surface area contributed by atoms with Gasteiger partial charge in [-0.2, -0.15) is 5.26 Å². The number of benzene rings is 1. The molecule has 21 heavy (non-hydrogen) atoms. The smallest absolute Gasteiger partial charge is 0.183 e. The van der Waals surface area contributed by atoms with Gasteiger partial charge < -0.3 is 9.64 Å². The highest BCUT2D eigenvalue weighted by Crippen LogP contribution is 2.13. The fraction of sp³-hybridized carbons (Fsp3) is 0.267. The van der Waals surface area contributed by atoms with Crippen molar-refractivity contribution in [1.29, 1.82) is 5.26 Å². The van der Waals surface area contributed by atoms with Crippen molar-refractivity contribution in [2.75, 3.05) is 25.1 Å². The van der Waals surface area contributed by atoms with Crippen molar-refractivity contribution in [3.8, 4) is 11.8 Å². The van der Waals surface area contributed by atoms with Crippen LogP contribution in [0.25, 0.3) is 0 Å². The zero-order valence-corrected chi connectivity index (χ0v) is 11.7. The molecule has 0 fully saturated rings. The van der Waals surface area contributed by atoms with Gasteiger partial charge in [0, 0.05) is 26.0 Å². The normalized spacial score (nSPS) is 9.95. The first-order valence-corrected chi connectivity index (χ1v) is 6.51. The van der Waals surface area contributed by atoms with Crippen LogP contribution in [0.15, 0.2) is 36.7 Å². The summed E-state index contributed by atoms with van der Waals surface area (Å²) in [6.07, 6.45) is 3.80. The average molecular weight is 286 g/mol. The largest absolute Gasteiger partial charge is 0.494 e. The van der Waals surface area contributed by atoms with Gasteiger partial charge in [-0.15, -0.1) is 0 Å². The minimum Gasteiger partial charge on any atom is -0.494 e. The molecular weight excluding hydrogens is 271 g/mol. The zero-order chi connectivity index (χ0) is 15.1. The van der Waals surface area contributed by atoms with E-state index in [1.165, 1.54) is 18.3 Å². The summed E-state index contributed by atoms with van der Waals surface area (Å²) in [7, 11) is 1.85. The van der Waals surface area contributed by atoms with Crippen molar-refractivity contribution in [3.05, 3.63) is 48.2 Å². The molecule has 0 N–H and O–H groups in total.